The third-order valence-electron chi connectivity index (χ3n) is 6.48. The molecule has 3 aliphatic rings. The number of likely N-dealkylation sites (N-methyl/N-ethyl adjacent to an activating group) is 1. The summed E-state index contributed by atoms with van der Waals surface area (Å²) in [6.07, 6.45) is 3.96. The number of hydrogen-bond acceptors (Lipinski definition) is 6. The van der Waals surface area contributed by atoms with Gasteiger partial charge in [0.2, 0.25) is 5.91 Å². The Balaban J connectivity index is 1.58. The Morgan fingerprint density at radius 2 is 2.04 bits per heavy atom. The van der Waals surface area contributed by atoms with Crippen molar-refractivity contribution >= 4 is 17.6 Å². The molecule has 0 radical (unpaired) electrons. The predicted octanol–water partition coefficient (Wildman–Crippen LogP) is 0.604. The van der Waals surface area contributed by atoms with E-state index in [2.05, 4.69) is 44.3 Å². The molecule has 0 spiro atoms. The summed E-state index contributed by atoms with van der Waals surface area (Å²) in [5, 5.41) is 11.0. The number of hydrogen-bond donors (Lipinski definition) is 1. The molecule has 3 aliphatic heterocycles. The Kier molecular flexibility index (Phi) is 5.23. The lowest BCUT2D eigenvalue weighted by molar-refractivity contribution is -0.149. The molecular formula is C20H30N6O2. The standard InChI is InChI=1S/C20H30N6O2/c1-21-20(28)15-7-8-18(23-22-15)25-10-13-9-14(11-25)17(12-24(2)3)26-16(13)5-4-6-19(26)27/h7-8,13-14,16-17H,4-6,9-12H2,1-3H3,(H,21,28)/t13-,14+,16+,17+/m1/s1. The number of anilines is 1. The Morgan fingerprint density at radius 1 is 1.25 bits per heavy atom. The molecule has 4 rings (SSSR count). The molecule has 3 fully saturated rings. The van der Waals surface area contributed by atoms with Crippen LogP contribution in [0.5, 0.6) is 0 Å². The van der Waals surface area contributed by atoms with Crippen LogP contribution in [0.15, 0.2) is 12.1 Å². The van der Waals surface area contributed by atoms with Gasteiger partial charge in [-0.15, -0.1) is 10.2 Å². The van der Waals surface area contributed by atoms with Gasteiger partial charge in [-0.3, -0.25) is 9.59 Å². The summed E-state index contributed by atoms with van der Waals surface area (Å²) < 4.78 is 0. The van der Waals surface area contributed by atoms with Crippen molar-refractivity contribution in [3.8, 4) is 0 Å². The molecule has 4 atom stereocenters. The van der Waals surface area contributed by atoms with E-state index < -0.39 is 0 Å². The summed E-state index contributed by atoms with van der Waals surface area (Å²) in [7, 11) is 5.75. The van der Waals surface area contributed by atoms with Crippen LogP contribution in [0.1, 0.15) is 36.2 Å². The van der Waals surface area contributed by atoms with E-state index in [9.17, 15) is 9.59 Å². The van der Waals surface area contributed by atoms with Crippen molar-refractivity contribution in [2.45, 2.75) is 37.8 Å². The van der Waals surface area contributed by atoms with Crippen molar-refractivity contribution in [2.75, 3.05) is 45.7 Å². The van der Waals surface area contributed by atoms with Gasteiger partial charge in [0, 0.05) is 45.2 Å². The number of piperidine rings is 3. The molecule has 0 unspecified atom stereocenters. The van der Waals surface area contributed by atoms with Gasteiger partial charge in [-0.25, -0.2) is 0 Å². The summed E-state index contributed by atoms with van der Waals surface area (Å²) in [5.74, 6) is 1.83. The third kappa shape index (κ3) is 3.45. The van der Waals surface area contributed by atoms with Gasteiger partial charge in [0.1, 0.15) is 0 Å². The maximum Gasteiger partial charge on any atom is 0.271 e. The topological polar surface area (TPSA) is 81.7 Å². The molecule has 2 amide bonds. The number of aromatic nitrogens is 2. The highest BCUT2D eigenvalue weighted by Crippen LogP contribution is 2.42. The lowest BCUT2D eigenvalue weighted by atomic mass is 9.72. The first-order valence-electron chi connectivity index (χ1n) is 10.2. The van der Waals surface area contributed by atoms with Crippen molar-refractivity contribution in [3.63, 3.8) is 0 Å². The molecule has 1 aromatic rings. The summed E-state index contributed by atoms with van der Waals surface area (Å²) in [5.41, 5.74) is 0.331. The normalized spacial score (nSPS) is 29.6. The van der Waals surface area contributed by atoms with E-state index in [1.165, 1.54) is 6.42 Å². The van der Waals surface area contributed by atoms with Crippen LogP contribution in [-0.4, -0.2) is 84.7 Å². The summed E-state index contributed by atoms with van der Waals surface area (Å²) >= 11 is 0. The molecule has 3 saturated heterocycles. The first-order valence-corrected chi connectivity index (χ1v) is 10.2. The van der Waals surface area contributed by atoms with Crippen molar-refractivity contribution in [1.29, 1.82) is 0 Å². The Morgan fingerprint density at radius 3 is 2.71 bits per heavy atom. The minimum absolute atomic E-state index is 0.225. The van der Waals surface area contributed by atoms with Gasteiger partial charge in [-0.05, 0) is 57.3 Å². The van der Waals surface area contributed by atoms with Gasteiger partial charge in [-0.1, -0.05) is 0 Å². The molecule has 0 aromatic carbocycles. The van der Waals surface area contributed by atoms with Crippen LogP contribution < -0.4 is 10.2 Å². The van der Waals surface area contributed by atoms with E-state index in [1.54, 1.807) is 13.1 Å². The zero-order valence-electron chi connectivity index (χ0n) is 17.0. The monoisotopic (exact) mass is 386 g/mol. The maximum absolute atomic E-state index is 12.8. The van der Waals surface area contributed by atoms with Crippen LogP contribution in [0, 0.1) is 11.8 Å². The minimum Gasteiger partial charge on any atom is -0.354 e. The molecule has 28 heavy (non-hydrogen) atoms. The lowest BCUT2D eigenvalue weighted by Crippen LogP contribution is -2.67. The van der Waals surface area contributed by atoms with E-state index in [0.717, 1.165) is 38.3 Å². The smallest absolute Gasteiger partial charge is 0.271 e. The summed E-state index contributed by atoms with van der Waals surface area (Å²) in [4.78, 5) is 31.2. The summed E-state index contributed by atoms with van der Waals surface area (Å²) in [6, 6.07) is 4.22. The molecule has 1 N–H and O–H groups in total. The average Bonchev–Trinajstić information content (AvgIpc) is 2.70. The fourth-order valence-corrected chi connectivity index (χ4v) is 5.31. The molecule has 0 saturated carbocycles. The number of fused-ring (bicyclic) bond motifs is 4. The average molecular weight is 387 g/mol. The minimum atomic E-state index is -0.225. The van der Waals surface area contributed by atoms with E-state index >= 15 is 0 Å². The van der Waals surface area contributed by atoms with E-state index in [4.69, 9.17) is 0 Å². The second-order valence-corrected chi connectivity index (χ2v) is 8.61. The number of rotatable bonds is 4. The van der Waals surface area contributed by atoms with Crippen molar-refractivity contribution in [1.82, 2.24) is 25.3 Å². The highest BCUT2D eigenvalue weighted by molar-refractivity contribution is 5.91. The zero-order chi connectivity index (χ0) is 19.8. The quantitative estimate of drug-likeness (QED) is 0.816. The van der Waals surface area contributed by atoms with Crippen molar-refractivity contribution in [2.24, 2.45) is 11.8 Å². The second-order valence-electron chi connectivity index (χ2n) is 8.61. The molecule has 0 aliphatic carbocycles. The van der Waals surface area contributed by atoms with Crippen LogP contribution in [0.2, 0.25) is 0 Å². The van der Waals surface area contributed by atoms with Gasteiger partial charge in [0.25, 0.3) is 5.91 Å². The van der Waals surface area contributed by atoms with E-state index in [0.29, 0.717) is 35.9 Å². The van der Waals surface area contributed by atoms with Crippen LogP contribution in [-0.2, 0) is 4.79 Å². The second kappa shape index (κ2) is 7.66. The van der Waals surface area contributed by atoms with Gasteiger partial charge in [0.05, 0.1) is 0 Å². The molecule has 8 heteroatoms. The van der Waals surface area contributed by atoms with Crippen LogP contribution in [0.25, 0.3) is 0 Å². The Bertz CT molecular complexity index is 737. The first-order chi connectivity index (χ1) is 13.5. The summed E-state index contributed by atoms with van der Waals surface area (Å²) in [6.45, 7) is 2.67. The zero-order valence-corrected chi connectivity index (χ0v) is 17.0. The van der Waals surface area contributed by atoms with E-state index in [-0.39, 0.29) is 11.9 Å². The fraction of sp³-hybridized carbons (Fsp3) is 0.700. The number of nitrogens with one attached hydrogen (secondary N) is 1. The third-order valence-corrected chi connectivity index (χ3v) is 6.48. The van der Waals surface area contributed by atoms with Crippen LogP contribution in [0.4, 0.5) is 5.82 Å². The number of carbonyl (C=O) groups is 2. The molecular weight excluding hydrogens is 356 g/mol. The van der Waals surface area contributed by atoms with Crippen molar-refractivity contribution in [3.05, 3.63) is 17.8 Å². The molecule has 8 nitrogen and oxygen atoms in total. The highest BCUT2D eigenvalue weighted by Gasteiger charge is 2.49. The lowest BCUT2D eigenvalue weighted by Gasteiger charge is -2.57. The van der Waals surface area contributed by atoms with Gasteiger partial charge in [-0.2, -0.15) is 0 Å². The predicted molar refractivity (Wildman–Crippen MR) is 106 cm³/mol. The van der Waals surface area contributed by atoms with E-state index in [1.807, 2.05) is 6.07 Å². The number of nitrogens with zero attached hydrogens (tertiary/aromatic N) is 5. The van der Waals surface area contributed by atoms with Crippen molar-refractivity contribution < 1.29 is 9.59 Å². The maximum atomic E-state index is 12.8. The molecule has 4 heterocycles. The number of amides is 2. The van der Waals surface area contributed by atoms with Crippen LogP contribution >= 0.6 is 0 Å². The van der Waals surface area contributed by atoms with Gasteiger partial charge >= 0.3 is 0 Å². The molecule has 152 valence electrons. The highest BCUT2D eigenvalue weighted by atomic mass is 16.2. The largest absolute Gasteiger partial charge is 0.354 e. The first kappa shape index (κ1) is 19.1. The molecule has 2 bridgehead atoms. The molecule has 1 aromatic heterocycles. The van der Waals surface area contributed by atoms with Crippen LogP contribution in [0.3, 0.4) is 0 Å². The fourth-order valence-electron chi connectivity index (χ4n) is 5.31. The van der Waals surface area contributed by atoms with Gasteiger partial charge in [0.15, 0.2) is 11.5 Å². The Labute approximate surface area is 166 Å². The SMILES string of the molecule is CNC(=O)c1ccc(N2C[C@H]3C[C@@H](C2)[C@H](CN(C)C)N2C(=O)CCC[C@@H]32)nn1. The Hall–Kier alpha value is -2.22. The number of carbonyl (C=O) groups excluding carboxylic acids is 2. The van der Waals surface area contributed by atoms with Gasteiger partial charge < -0.3 is 20.0 Å².